The van der Waals surface area contributed by atoms with Gasteiger partial charge >= 0.3 is 0 Å². The Bertz CT molecular complexity index is 357. The zero-order valence-electron chi connectivity index (χ0n) is 11.7. The van der Waals surface area contributed by atoms with Crippen molar-refractivity contribution < 1.29 is 4.79 Å². The molecule has 1 nitrogen and oxygen atoms in total. The Kier molecular flexibility index (Phi) is 6.48. The Labute approximate surface area is 115 Å². The monoisotopic (exact) mass is 264 g/mol. The molecule has 0 aliphatic rings. The Morgan fingerprint density at radius 2 is 1.83 bits per heavy atom. The van der Waals surface area contributed by atoms with Gasteiger partial charge in [-0.2, -0.15) is 0 Å². The number of benzene rings is 1. The first-order valence-electron chi connectivity index (χ1n) is 6.77. The summed E-state index contributed by atoms with van der Waals surface area (Å²) in [4.78, 5) is 13.4. The van der Waals surface area contributed by atoms with Crippen LogP contribution in [0.15, 0.2) is 35.2 Å². The third-order valence-electron chi connectivity index (χ3n) is 3.27. The van der Waals surface area contributed by atoms with Crippen LogP contribution in [0.2, 0.25) is 0 Å². The van der Waals surface area contributed by atoms with Gasteiger partial charge in [-0.05, 0) is 18.6 Å². The number of carbonyl (C=O) groups is 1. The van der Waals surface area contributed by atoms with E-state index in [9.17, 15) is 4.79 Å². The van der Waals surface area contributed by atoms with Crippen molar-refractivity contribution in [2.75, 3.05) is 5.75 Å². The number of unbranched alkanes of at least 4 members (excludes halogenated alkanes) is 2. The highest BCUT2D eigenvalue weighted by Crippen LogP contribution is 2.28. The molecule has 0 atom stereocenters. The van der Waals surface area contributed by atoms with Gasteiger partial charge in [-0.25, -0.2) is 0 Å². The van der Waals surface area contributed by atoms with Crippen molar-refractivity contribution in [1.29, 1.82) is 0 Å². The Balaban J connectivity index is 2.39. The van der Waals surface area contributed by atoms with Crippen molar-refractivity contribution in [3.8, 4) is 0 Å². The zero-order valence-corrected chi connectivity index (χ0v) is 12.6. The number of thioether (sulfide) groups is 1. The molecule has 0 saturated carbocycles. The molecule has 0 aromatic heterocycles. The molecule has 1 aromatic rings. The minimum atomic E-state index is -0.170. The van der Waals surface area contributed by atoms with Crippen LogP contribution in [-0.2, 0) is 4.79 Å². The number of hydrogen-bond acceptors (Lipinski definition) is 2. The van der Waals surface area contributed by atoms with Crippen LogP contribution in [0, 0.1) is 5.41 Å². The third-order valence-corrected chi connectivity index (χ3v) is 4.29. The standard InChI is InChI=1S/C16H24OS/c1-4-5-9-12-16(2,3)15(17)13-18-14-10-7-6-8-11-14/h6-8,10-11H,4-5,9,12-13H2,1-3H3. The van der Waals surface area contributed by atoms with Crippen LogP contribution in [0.4, 0.5) is 0 Å². The molecule has 0 N–H and O–H groups in total. The summed E-state index contributed by atoms with van der Waals surface area (Å²) in [5.74, 6) is 0.954. The van der Waals surface area contributed by atoms with Crippen LogP contribution in [0.25, 0.3) is 0 Å². The number of rotatable bonds is 8. The second kappa shape index (κ2) is 7.63. The third kappa shape index (κ3) is 5.26. The van der Waals surface area contributed by atoms with E-state index in [1.807, 2.05) is 18.2 Å². The number of carbonyl (C=O) groups excluding carboxylic acids is 1. The average molecular weight is 264 g/mol. The van der Waals surface area contributed by atoms with E-state index >= 15 is 0 Å². The summed E-state index contributed by atoms with van der Waals surface area (Å²) in [5.41, 5.74) is -0.170. The minimum absolute atomic E-state index is 0.170. The van der Waals surface area contributed by atoms with Crippen LogP contribution >= 0.6 is 11.8 Å². The van der Waals surface area contributed by atoms with Crippen molar-refractivity contribution in [2.24, 2.45) is 5.41 Å². The van der Waals surface area contributed by atoms with E-state index in [4.69, 9.17) is 0 Å². The molecule has 18 heavy (non-hydrogen) atoms. The SMILES string of the molecule is CCCCCC(C)(C)C(=O)CSc1ccccc1. The molecule has 0 saturated heterocycles. The quantitative estimate of drug-likeness (QED) is 0.488. The maximum Gasteiger partial charge on any atom is 0.148 e. The van der Waals surface area contributed by atoms with Crippen LogP contribution in [0.1, 0.15) is 46.5 Å². The van der Waals surface area contributed by atoms with Crippen molar-refractivity contribution in [3.63, 3.8) is 0 Å². The predicted octanol–water partition coefficient (Wildman–Crippen LogP) is 4.95. The van der Waals surface area contributed by atoms with Crippen LogP contribution in [0.5, 0.6) is 0 Å². The summed E-state index contributed by atoms with van der Waals surface area (Å²) < 4.78 is 0. The Morgan fingerprint density at radius 3 is 2.44 bits per heavy atom. The van der Waals surface area contributed by atoms with Gasteiger partial charge in [-0.3, -0.25) is 4.79 Å². The molecule has 0 aliphatic heterocycles. The summed E-state index contributed by atoms with van der Waals surface area (Å²) in [6.07, 6.45) is 4.60. The van der Waals surface area contributed by atoms with Gasteiger partial charge in [-0.15, -0.1) is 11.8 Å². The fraction of sp³-hybridized carbons (Fsp3) is 0.562. The van der Waals surface area contributed by atoms with E-state index in [1.54, 1.807) is 11.8 Å². The molecule has 0 aliphatic carbocycles. The first-order chi connectivity index (χ1) is 8.56. The van der Waals surface area contributed by atoms with Crippen LogP contribution in [-0.4, -0.2) is 11.5 Å². The normalized spacial score (nSPS) is 11.5. The summed E-state index contributed by atoms with van der Waals surface area (Å²) >= 11 is 1.65. The van der Waals surface area contributed by atoms with E-state index in [2.05, 4.69) is 32.9 Å². The lowest BCUT2D eigenvalue weighted by Gasteiger charge is -2.22. The molecule has 1 rings (SSSR count). The molecule has 0 fully saturated rings. The van der Waals surface area contributed by atoms with E-state index < -0.39 is 0 Å². The van der Waals surface area contributed by atoms with E-state index in [1.165, 1.54) is 17.7 Å². The molecule has 100 valence electrons. The molecule has 0 bridgehead atoms. The molecule has 0 spiro atoms. The molecular weight excluding hydrogens is 240 g/mol. The van der Waals surface area contributed by atoms with E-state index in [-0.39, 0.29) is 5.41 Å². The maximum atomic E-state index is 12.2. The largest absolute Gasteiger partial charge is 0.298 e. The average Bonchev–Trinajstić information content (AvgIpc) is 2.37. The molecule has 0 radical (unpaired) electrons. The molecular formula is C16H24OS. The summed E-state index contributed by atoms with van der Waals surface area (Å²) in [5, 5.41) is 0. The van der Waals surface area contributed by atoms with Crippen molar-refractivity contribution in [3.05, 3.63) is 30.3 Å². The van der Waals surface area contributed by atoms with E-state index in [0.717, 1.165) is 12.8 Å². The van der Waals surface area contributed by atoms with Crippen molar-refractivity contribution >= 4 is 17.5 Å². The second-order valence-electron chi connectivity index (χ2n) is 5.37. The van der Waals surface area contributed by atoms with Crippen molar-refractivity contribution in [1.82, 2.24) is 0 Å². The summed E-state index contributed by atoms with van der Waals surface area (Å²) in [6.45, 7) is 6.35. The van der Waals surface area contributed by atoms with Gasteiger partial charge in [0, 0.05) is 10.3 Å². The lowest BCUT2D eigenvalue weighted by molar-refractivity contribution is -0.124. The van der Waals surface area contributed by atoms with Gasteiger partial charge in [0.2, 0.25) is 0 Å². The highest BCUT2D eigenvalue weighted by Gasteiger charge is 2.26. The lowest BCUT2D eigenvalue weighted by Crippen LogP contribution is -2.26. The zero-order chi connectivity index (χ0) is 13.4. The van der Waals surface area contributed by atoms with Gasteiger partial charge in [0.1, 0.15) is 5.78 Å². The van der Waals surface area contributed by atoms with Crippen molar-refractivity contribution in [2.45, 2.75) is 51.3 Å². The van der Waals surface area contributed by atoms with Gasteiger partial charge in [0.05, 0.1) is 5.75 Å². The minimum Gasteiger partial charge on any atom is -0.298 e. The molecule has 1 aromatic carbocycles. The number of hydrogen-bond donors (Lipinski definition) is 0. The van der Waals surface area contributed by atoms with Gasteiger partial charge in [0.15, 0.2) is 0 Å². The predicted molar refractivity (Wildman–Crippen MR) is 80.1 cm³/mol. The van der Waals surface area contributed by atoms with Gasteiger partial charge < -0.3 is 0 Å². The Hall–Kier alpha value is -0.760. The number of ketones is 1. The fourth-order valence-electron chi connectivity index (χ4n) is 1.82. The molecule has 2 heteroatoms. The summed E-state index contributed by atoms with van der Waals surface area (Å²) in [6, 6.07) is 10.1. The van der Waals surface area contributed by atoms with Gasteiger partial charge in [0.25, 0.3) is 0 Å². The van der Waals surface area contributed by atoms with Gasteiger partial charge in [-0.1, -0.05) is 58.2 Å². The first-order valence-corrected chi connectivity index (χ1v) is 7.76. The molecule has 0 amide bonds. The molecule has 0 unspecified atom stereocenters. The lowest BCUT2D eigenvalue weighted by atomic mass is 9.83. The van der Waals surface area contributed by atoms with Crippen LogP contribution in [0.3, 0.4) is 0 Å². The smallest absolute Gasteiger partial charge is 0.148 e. The molecule has 0 heterocycles. The topological polar surface area (TPSA) is 17.1 Å². The highest BCUT2D eigenvalue weighted by atomic mass is 32.2. The summed E-state index contributed by atoms with van der Waals surface area (Å²) in [7, 11) is 0. The van der Waals surface area contributed by atoms with Crippen LogP contribution < -0.4 is 0 Å². The highest BCUT2D eigenvalue weighted by molar-refractivity contribution is 8.00. The Morgan fingerprint density at radius 1 is 1.17 bits per heavy atom. The number of Topliss-reactive ketones (excluding diaryl/α,β-unsaturated/α-hetero) is 1. The fourth-order valence-corrected chi connectivity index (χ4v) is 2.86. The van der Waals surface area contributed by atoms with E-state index in [0.29, 0.717) is 11.5 Å². The maximum absolute atomic E-state index is 12.2. The first kappa shape index (κ1) is 15.3. The second-order valence-corrected chi connectivity index (χ2v) is 6.41.